The number of methoxy groups -OCH3 is 1. The van der Waals surface area contributed by atoms with Crippen LogP contribution in [-0.4, -0.2) is 40.8 Å². The highest BCUT2D eigenvalue weighted by Gasteiger charge is 2.23. The number of hydrogen-bond acceptors (Lipinski definition) is 5. The number of carbonyl (C=O) groups is 1. The minimum Gasteiger partial charge on any atom is -0.497 e. The lowest BCUT2D eigenvalue weighted by Gasteiger charge is -2.25. The molecule has 32 heavy (non-hydrogen) atoms. The number of nitrogens with one attached hydrogen (secondary N) is 1. The van der Waals surface area contributed by atoms with Gasteiger partial charge in [-0.15, -0.1) is 0 Å². The molecule has 7 nitrogen and oxygen atoms in total. The van der Waals surface area contributed by atoms with Gasteiger partial charge in [0.1, 0.15) is 18.0 Å². The van der Waals surface area contributed by atoms with E-state index >= 15 is 0 Å². The van der Waals surface area contributed by atoms with E-state index in [1.54, 1.807) is 31.4 Å². The Morgan fingerprint density at radius 1 is 1.03 bits per heavy atom. The lowest BCUT2D eigenvalue weighted by atomic mass is 9.97. The first kappa shape index (κ1) is 25.5. The molecule has 0 bridgehead atoms. The van der Waals surface area contributed by atoms with Gasteiger partial charge in [-0.1, -0.05) is 32.9 Å². The second-order valence-corrected chi connectivity index (χ2v) is 10.0. The maximum absolute atomic E-state index is 12.9. The van der Waals surface area contributed by atoms with Crippen molar-refractivity contribution in [2.75, 3.05) is 30.8 Å². The molecule has 0 aliphatic carbocycles. The first-order valence-corrected chi connectivity index (χ1v) is 12.6. The quantitative estimate of drug-likeness (QED) is 0.512. The van der Waals surface area contributed by atoms with Gasteiger partial charge in [0.15, 0.2) is 0 Å². The van der Waals surface area contributed by atoms with Crippen LogP contribution in [-0.2, 0) is 14.8 Å². The zero-order valence-corrected chi connectivity index (χ0v) is 20.3. The molecule has 0 aliphatic heterocycles. The summed E-state index contributed by atoms with van der Waals surface area (Å²) in [4.78, 5) is 12.9. The molecule has 1 amide bonds. The van der Waals surface area contributed by atoms with Gasteiger partial charge in [-0.25, -0.2) is 8.42 Å². The van der Waals surface area contributed by atoms with E-state index in [1.165, 1.54) is 0 Å². The van der Waals surface area contributed by atoms with Crippen molar-refractivity contribution in [2.45, 2.75) is 39.7 Å². The summed E-state index contributed by atoms with van der Waals surface area (Å²) in [6.45, 7) is 6.44. The smallest absolute Gasteiger partial charge is 0.241 e. The van der Waals surface area contributed by atoms with E-state index in [1.807, 2.05) is 31.2 Å². The molecule has 2 aromatic rings. The Morgan fingerprint density at radius 2 is 1.62 bits per heavy atom. The molecule has 0 radical (unpaired) electrons. The number of nitrogens with zero attached hydrogens (tertiary/aromatic N) is 1. The number of hydrogen-bond donors (Lipinski definition) is 1. The Bertz CT molecular complexity index is 957. The number of carbonyl (C=O) groups excluding carboxylic acids is 1. The highest BCUT2D eigenvalue weighted by molar-refractivity contribution is 7.92. The van der Waals surface area contributed by atoms with Crippen LogP contribution >= 0.6 is 0 Å². The van der Waals surface area contributed by atoms with Crippen LogP contribution in [0.15, 0.2) is 48.5 Å². The maximum Gasteiger partial charge on any atom is 0.241 e. The monoisotopic (exact) mass is 462 g/mol. The Hall–Kier alpha value is -2.74. The van der Waals surface area contributed by atoms with Crippen molar-refractivity contribution >= 4 is 21.6 Å². The Labute approximate surface area is 191 Å². The number of ether oxygens (including phenoxy) is 2. The molecule has 2 aromatic carbocycles. The van der Waals surface area contributed by atoms with Crippen molar-refractivity contribution in [1.29, 1.82) is 0 Å². The number of amides is 1. The van der Waals surface area contributed by atoms with Gasteiger partial charge < -0.3 is 14.8 Å². The first-order valence-electron chi connectivity index (χ1n) is 10.8. The van der Waals surface area contributed by atoms with Crippen LogP contribution < -0.4 is 19.1 Å². The lowest BCUT2D eigenvalue weighted by Crippen LogP contribution is -2.41. The van der Waals surface area contributed by atoms with Crippen molar-refractivity contribution in [2.24, 2.45) is 5.92 Å². The Kier molecular flexibility index (Phi) is 9.38. The fourth-order valence-electron chi connectivity index (χ4n) is 3.28. The second kappa shape index (κ2) is 11.8. The molecule has 0 fully saturated rings. The summed E-state index contributed by atoms with van der Waals surface area (Å²) in [7, 11) is -2.06. The molecule has 0 saturated heterocycles. The average Bonchev–Trinajstić information content (AvgIpc) is 2.75. The number of sulfonamides is 1. The summed E-state index contributed by atoms with van der Waals surface area (Å²) in [5, 5.41) is 3.00. The topological polar surface area (TPSA) is 84.9 Å². The summed E-state index contributed by atoms with van der Waals surface area (Å²) >= 11 is 0. The predicted octanol–water partition coefficient (Wildman–Crippen LogP) is 4.15. The van der Waals surface area contributed by atoms with Gasteiger partial charge in [-0.2, -0.15) is 0 Å². The second-order valence-electron chi connectivity index (χ2n) is 8.13. The van der Waals surface area contributed by atoms with E-state index < -0.39 is 10.0 Å². The van der Waals surface area contributed by atoms with Crippen molar-refractivity contribution < 1.29 is 22.7 Å². The van der Waals surface area contributed by atoms with E-state index in [2.05, 4.69) is 19.2 Å². The largest absolute Gasteiger partial charge is 0.497 e. The van der Waals surface area contributed by atoms with Crippen LogP contribution in [0, 0.1) is 5.92 Å². The molecule has 0 saturated carbocycles. The van der Waals surface area contributed by atoms with Crippen LogP contribution in [0.2, 0.25) is 0 Å². The van der Waals surface area contributed by atoms with Crippen LogP contribution in [0.4, 0.5) is 5.69 Å². The molecule has 176 valence electrons. The normalized spacial score (nSPS) is 12.3. The Morgan fingerprint density at radius 3 is 2.12 bits per heavy atom. The van der Waals surface area contributed by atoms with E-state index in [-0.39, 0.29) is 18.5 Å². The molecule has 0 heterocycles. The van der Waals surface area contributed by atoms with Crippen molar-refractivity contribution in [3.8, 4) is 11.5 Å². The third-order valence-electron chi connectivity index (χ3n) is 4.85. The molecule has 0 aromatic heterocycles. The zero-order valence-electron chi connectivity index (χ0n) is 19.5. The third kappa shape index (κ3) is 7.75. The van der Waals surface area contributed by atoms with Gasteiger partial charge in [-0.05, 0) is 60.7 Å². The predicted molar refractivity (Wildman–Crippen MR) is 128 cm³/mol. The highest BCUT2D eigenvalue weighted by Crippen LogP contribution is 2.25. The first-order chi connectivity index (χ1) is 15.1. The molecule has 1 N–H and O–H groups in total. The minimum absolute atomic E-state index is 0.236. The standard InChI is InChI=1S/C24H34N2O5S/c1-6-15-31-22-13-9-20(10-14-22)26(32(5,28)29)17-24(27)25-23(16-18(2)3)19-7-11-21(30-4)12-8-19/h7-14,18,23H,6,15-17H2,1-5H3,(H,25,27). The van der Waals surface area contributed by atoms with Gasteiger partial charge in [0.25, 0.3) is 0 Å². The van der Waals surface area contributed by atoms with E-state index in [9.17, 15) is 13.2 Å². The Balaban J connectivity index is 2.18. The van der Waals surface area contributed by atoms with Crippen LogP contribution in [0.25, 0.3) is 0 Å². The molecule has 0 spiro atoms. The lowest BCUT2D eigenvalue weighted by molar-refractivity contribution is -0.120. The average molecular weight is 463 g/mol. The third-order valence-corrected chi connectivity index (χ3v) is 5.99. The number of rotatable bonds is 12. The maximum atomic E-state index is 12.9. The summed E-state index contributed by atoms with van der Waals surface area (Å²) in [5.41, 5.74) is 1.35. The summed E-state index contributed by atoms with van der Waals surface area (Å²) in [6, 6.07) is 14.0. The molecular weight excluding hydrogens is 428 g/mol. The molecule has 2 rings (SSSR count). The van der Waals surface area contributed by atoms with Crippen LogP contribution in [0.3, 0.4) is 0 Å². The van der Waals surface area contributed by atoms with Gasteiger partial charge >= 0.3 is 0 Å². The molecule has 1 unspecified atom stereocenters. The van der Waals surface area contributed by atoms with Gasteiger partial charge in [0.2, 0.25) is 15.9 Å². The molecular formula is C24H34N2O5S. The zero-order chi connectivity index (χ0) is 23.7. The van der Waals surface area contributed by atoms with E-state index in [4.69, 9.17) is 9.47 Å². The fraction of sp³-hybridized carbons (Fsp3) is 0.458. The van der Waals surface area contributed by atoms with Crippen molar-refractivity contribution in [1.82, 2.24) is 5.32 Å². The van der Waals surface area contributed by atoms with Crippen molar-refractivity contribution in [3.05, 3.63) is 54.1 Å². The molecule has 1 atom stereocenters. The summed E-state index contributed by atoms with van der Waals surface area (Å²) in [5.74, 6) is 1.36. The van der Waals surface area contributed by atoms with E-state index in [0.29, 0.717) is 24.0 Å². The highest BCUT2D eigenvalue weighted by atomic mass is 32.2. The number of anilines is 1. The fourth-order valence-corrected chi connectivity index (χ4v) is 4.14. The van der Waals surface area contributed by atoms with Gasteiger partial charge in [0, 0.05) is 0 Å². The molecule has 8 heteroatoms. The SMILES string of the molecule is CCCOc1ccc(N(CC(=O)NC(CC(C)C)c2ccc(OC)cc2)S(C)(=O)=O)cc1. The van der Waals surface area contributed by atoms with Crippen LogP contribution in [0.1, 0.15) is 45.2 Å². The minimum atomic E-state index is -3.66. The summed E-state index contributed by atoms with van der Waals surface area (Å²) in [6.07, 6.45) is 2.69. The van der Waals surface area contributed by atoms with E-state index in [0.717, 1.165) is 34.7 Å². The van der Waals surface area contributed by atoms with Gasteiger partial charge in [0.05, 0.1) is 31.7 Å². The van der Waals surface area contributed by atoms with Crippen LogP contribution in [0.5, 0.6) is 11.5 Å². The number of benzene rings is 2. The summed E-state index contributed by atoms with van der Waals surface area (Å²) < 4.78 is 36.7. The molecule has 0 aliphatic rings. The van der Waals surface area contributed by atoms with Gasteiger partial charge in [-0.3, -0.25) is 9.10 Å². The van der Waals surface area contributed by atoms with Crippen molar-refractivity contribution in [3.63, 3.8) is 0 Å².